The van der Waals surface area contributed by atoms with Crippen molar-refractivity contribution in [3.8, 4) is 0 Å². The lowest BCUT2D eigenvalue weighted by Gasteiger charge is -2.09. The Bertz CT molecular complexity index is 267. The van der Waals surface area contributed by atoms with Gasteiger partial charge in [0.05, 0.1) is 5.56 Å². The third-order valence-electron chi connectivity index (χ3n) is 1.48. The molecular formula is C8H7F3N. The topological polar surface area (TPSA) is 26.0 Å². The predicted octanol–water partition coefficient (Wildman–Crippen LogP) is 1.96. The number of hydrogen-bond acceptors (Lipinski definition) is 1. The molecule has 0 saturated carbocycles. The van der Waals surface area contributed by atoms with Crippen LogP contribution in [-0.2, 0) is 12.7 Å². The number of halogens is 3. The molecule has 0 saturated heterocycles. The first-order valence-corrected chi connectivity index (χ1v) is 3.32. The molecule has 4 heteroatoms. The zero-order valence-corrected chi connectivity index (χ0v) is 6.15. The average molecular weight is 174 g/mol. The lowest BCUT2D eigenvalue weighted by atomic mass is 10.1. The summed E-state index contributed by atoms with van der Waals surface area (Å²) in [6, 6.07) is 6.01. The standard InChI is InChI=1S/C8H7F3N/c9-8(10,11)7-4-2-1-3-6(7)5-12/h1,3-4H,5,12H2. The quantitative estimate of drug-likeness (QED) is 0.692. The first kappa shape index (κ1) is 9.06. The Morgan fingerprint density at radius 2 is 2.08 bits per heavy atom. The molecule has 0 atom stereocenters. The molecule has 2 N–H and O–H groups in total. The van der Waals surface area contributed by atoms with Gasteiger partial charge in [0, 0.05) is 6.54 Å². The van der Waals surface area contributed by atoms with Crippen molar-refractivity contribution in [3.05, 3.63) is 35.4 Å². The van der Waals surface area contributed by atoms with Crippen molar-refractivity contribution in [2.75, 3.05) is 0 Å². The third kappa shape index (κ3) is 1.76. The summed E-state index contributed by atoms with van der Waals surface area (Å²) in [5, 5.41) is 0. The summed E-state index contributed by atoms with van der Waals surface area (Å²) in [7, 11) is 0. The molecule has 1 nitrogen and oxygen atoms in total. The highest BCUT2D eigenvalue weighted by Gasteiger charge is 2.32. The van der Waals surface area contributed by atoms with E-state index in [0.717, 1.165) is 6.07 Å². The second kappa shape index (κ2) is 3.15. The first-order valence-electron chi connectivity index (χ1n) is 3.32. The van der Waals surface area contributed by atoms with Crippen LogP contribution in [0, 0.1) is 6.07 Å². The number of rotatable bonds is 1. The highest BCUT2D eigenvalue weighted by atomic mass is 19.4. The Hall–Kier alpha value is -1.03. The van der Waals surface area contributed by atoms with Gasteiger partial charge in [0.2, 0.25) is 0 Å². The summed E-state index contributed by atoms with van der Waals surface area (Å²) in [6.45, 7) is -0.108. The van der Waals surface area contributed by atoms with Crippen LogP contribution in [0.3, 0.4) is 0 Å². The van der Waals surface area contributed by atoms with Crippen molar-refractivity contribution in [1.82, 2.24) is 0 Å². The van der Waals surface area contributed by atoms with Crippen molar-refractivity contribution in [3.63, 3.8) is 0 Å². The summed E-state index contributed by atoms with van der Waals surface area (Å²) in [5.74, 6) is 0. The van der Waals surface area contributed by atoms with Gasteiger partial charge in [-0.2, -0.15) is 13.2 Å². The van der Waals surface area contributed by atoms with Gasteiger partial charge in [-0.15, -0.1) is 0 Å². The largest absolute Gasteiger partial charge is 0.416 e. The Labute approximate surface area is 68.0 Å². The minimum absolute atomic E-state index is 0.0984. The van der Waals surface area contributed by atoms with Crippen LogP contribution in [0.15, 0.2) is 18.2 Å². The number of nitrogens with two attached hydrogens (primary N) is 1. The van der Waals surface area contributed by atoms with Gasteiger partial charge < -0.3 is 5.73 Å². The molecule has 65 valence electrons. The molecule has 0 bridgehead atoms. The van der Waals surface area contributed by atoms with Gasteiger partial charge in [0.15, 0.2) is 0 Å². The number of hydrogen-bond donors (Lipinski definition) is 1. The summed E-state index contributed by atoms with van der Waals surface area (Å²) in [6.07, 6.45) is -4.33. The zero-order chi connectivity index (χ0) is 9.19. The van der Waals surface area contributed by atoms with E-state index in [0.29, 0.717) is 0 Å². The lowest BCUT2D eigenvalue weighted by molar-refractivity contribution is -0.138. The van der Waals surface area contributed by atoms with Gasteiger partial charge >= 0.3 is 6.18 Å². The van der Waals surface area contributed by atoms with E-state index in [9.17, 15) is 13.2 Å². The smallest absolute Gasteiger partial charge is 0.326 e. The van der Waals surface area contributed by atoms with Gasteiger partial charge in [-0.1, -0.05) is 12.1 Å². The maximum atomic E-state index is 12.2. The predicted molar refractivity (Wildman–Crippen MR) is 38.2 cm³/mol. The molecule has 0 spiro atoms. The molecule has 1 aromatic rings. The molecular weight excluding hydrogens is 167 g/mol. The maximum Gasteiger partial charge on any atom is 0.416 e. The fraction of sp³-hybridized carbons (Fsp3) is 0.250. The highest BCUT2D eigenvalue weighted by Crippen LogP contribution is 2.31. The van der Waals surface area contributed by atoms with E-state index in [1.807, 2.05) is 0 Å². The second-order valence-electron chi connectivity index (χ2n) is 2.29. The van der Waals surface area contributed by atoms with Crippen LogP contribution >= 0.6 is 0 Å². The summed E-state index contributed by atoms with van der Waals surface area (Å²) in [5.41, 5.74) is 4.53. The van der Waals surface area contributed by atoms with Gasteiger partial charge in [0.25, 0.3) is 0 Å². The van der Waals surface area contributed by atoms with Crippen molar-refractivity contribution < 1.29 is 13.2 Å². The third-order valence-corrected chi connectivity index (χ3v) is 1.48. The van der Waals surface area contributed by atoms with E-state index in [1.54, 1.807) is 0 Å². The van der Waals surface area contributed by atoms with E-state index in [2.05, 4.69) is 6.07 Å². The Morgan fingerprint density at radius 3 is 2.50 bits per heavy atom. The van der Waals surface area contributed by atoms with E-state index in [1.165, 1.54) is 12.1 Å². The molecule has 0 aromatic heterocycles. The minimum Gasteiger partial charge on any atom is -0.326 e. The van der Waals surface area contributed by atoms with Crippen LogP contribution in [0.4, 0.5) is 13.2 Å². The molecule has 0 fully saturated rings. The molecule has 0 heterocycles. The van der Waals surface area contributed by atoms with Crippen molar-refractivity contribution in [1.29, 1.82) is 0 Å². The van der Waals surface area contributed by atoms with Crippen LogP contribution in [0.1, 0.15) is 11.1 Å². The summed E-state index contributed by atoms with van der Waals surface area (Å²) >= 11 is 0. The second-order valence-corrected chi connectivity index (χ2v) is 2.29. The fourth-order valence-corrected chi connectivity index (χ4v) is 0.905. The van der Waals surface area contributed by atoms with Crippen LogP contribution in [0.25, 0.3) is 0 Å². The van der Waals surface area contributed by atoms with Crippen molar-refractivity contribution >= 4 is 0 Å². The Morgan fingerprint density at radius 1 is 1.42 bits per heavy atom. The number of benzene rings is 1. The fourth-order valence-electron chi connectivity index (χ4n) is 0.905. The van der Waals surface area contributed by atoms with Crippen LogP contribution in [0.5, 0.6) is 0 Å². The lowest BCUT2D eigenvalue weighted by Crippen LogP contribution is -2.11. The van der Waals surface area contributed by atoms with Gasteiger partial charge in [-0.05, 0) is 17.7 Å². The molecule has 0 aliphatic heterocycles. The Balaban J connectivity index is 3.14. The van der Waals surface area contributed by atoms with Gasteiger partial charge in [-0.3, -0.25) is 0 Å². The SMILES string of the molecule is NCc1cc[c]cc1C(F)(F)F. The zero-order valence-electron chi connectivity index (χ0n) is 6.15. The molecule has 0 unspecified atom stereocenters. The average Bonchev–Trinajstić information content (AvgIpc) is 2.03. The first-order chi connectivity index (χ1) is 5.55. The van der Waals surface area contributed by atoms with Crippen molar-refractivity contribution in [2.45, 2.75) is 12.7 Å². The van der Waals surface area contributed by atoms with Crippen LogP contribution in [0.2, 0.25) is 0 Å². The summed E-state index contributed by atoms with van der Waals surface area (Å²) < 4.78 is 36.5. The molecule has 12 heavy (non-hydrogen) atoms. The van der Waals surface area contributed by atoms with E-state index >= 15 is 0 Å². The van der Waals surface area contributed by atoms with Gasteiger partial charge in [-0.25, -0.2) is 0 Å². The van der Waals surface area contributed by atoms with E-state index in [4.69, 9.17) is 5.73 Å². The van der Waals surface area contributed by atoms with Gasteiger partial charge in [0.1, 0.15) is 0 Å². The molecule has 1 aromatic carbocycles. The molecule has 0 amide bonds. The highest BCUT2D eigenvalue weighted by molar-refractivity contribution is 5.28. The monoisotopic (exact) mass is 174 g/mol. The van der Waals surface area contributed by atoms with Crippen molar-refractivity contribution in [2.24, 2.45) is 5.73 Å². The normalized spacial score (nSPS) is 11.7. The molecule has 1 radical (unpaired) electrons. The molecule has 0 aliphatic rings. The summed E-state index contributed by atoms with van der Waals surface area (Å²) in [4.78, 5) is 0. The van der Waals surface area contributed by atoms with E-state index in [-0.39, 0.29) is 12.1 Å². The van der Waals surface area contributed by atoms with E-state index < -0.39 is 11.7 Å². The Kier molecular flexibility index (Phi) is 2.38. The molecule has 0 aliphatic carbocycles. The molecule has 1 rings (SSSR count). The van der Waals surface area contributed by atoms with Crippen LogP contribution < -0.4 is 5.73 Å². The number of alkyl halides is 3. The minimum atomic E-state index is -4.33. The maximum absolute atomic E-state index is 12.2. The van der Waals surface area contributed by atoms with Crippen LogP contribution in [-0.4, -0.2) is 0 Å².